The fourth-order valence-corrected chi connectivity index (χ4v) is 6.08. The lowest BCUT2D eigenvalue weighted by atomic mass is 9.90. The third kappa shape index (κ3) is 3.96. The lowest BCUT2D eigenvalue weighted by Gasteiger charge is -2.33. The van der Waals surface area contributed by atoms with E-state index < -0.39 is 0 Å². The van der Waals surface area contributed by atoms with Crippen molar-refractivity contribution in [2.75, 3.05) is 18.4 Å². The van der Waals surface area contributed by atoms with Crippen molar-refractivity contribution < 1.29 is 4.79 Å². The molecule has 1 saturated carbocycles. The number of piperidine rings is 1. The van der Waals surface area contributed by atoms with Gasteiger partial charge in [-0.1, -0.05) is 6.07 Å². The summed E-state index contributed by atoms with van der Waals surface area (Å²) in [6.07, 6.45) is 7.08. The zero-order chi connectivity index (χ0) is 22.4. The van der Waals surface area contributed by atoms with E-state index in [1.54, 1.807) is 11.3 Å². The van der Waals surface area contributed by atoms with Gasteiger partial charge in [0.1, 0.15) is 5.82 Å². The Kier molecular flexibility index (Phi) is 5.03. The van der Waals surface area contributed by atoms with Crippen LogP contribution in [0.3, 0.4) is 0 Å². The summed E-state index contributed by atoms with van der Waals surface area (Å²) in [5.74, 6) is 1.25. The molecule has 1 aliphatic carbocycles. The van der Waals surface area contributed by atoms with Crippen molar-refractivity contribution in [1.29, 1.82) is 0 Å². The zero-order valence-electron chi connectivity index (χ0n) is 18.7. The van der Waals surface area contributed by atoms with Gasteiger partial charge in [-0.05, 0) is 87.2 Å². The van der Waals surface area contributed by atoms with Gasteiger partial charge < -0.3 is 9.88 Å². The number of aromatic nitrogens is 3. The Morgan fingerprint density at radius 3 is 2.88 bits per heavy atom. The Labute approximate surface area is 197 Å². The topological polar surface area (TPSA) is 63.1 Å². The first-order valence-corrected chi connectivity index (χ1v) is 12.4. The molecule has 1 aliphatic heterocycles. The van der Waals surface area contributed by atoms with Gasteiger partial charge in [0.25, 0.3) is 0 Å². The van der Waals surface area contributed by atoms with Crippen LogP contribution in [0, 0.1) is 18.3 Å². The largest absolute Gasteiger partial charge is 0.326 e. The Morgan fingerprint density at radius 2 is 2.06 bits per heavy atom. The molecule has 1 saturated heterocycles. The molecule has 1 atom stereocenters. The highest BCUT2D eigenvalue weighted by Crippen LogP contribution is 2.59. The summed E-state index contributed by atoms with van der Waals surface area (Å²) in [4.78, 5) is 24.5. The molecule has 1 spiro atoms. The quantitative estimate of drug-likeness (QED) is 0.457. The van der Waals surface area contributed by atoms with Crippen molar-refractivity contribution in [2.45, 2.75) is 32.7 Å². The summed E-state index contributed by atoms with van der Waals surface area (Å²) in [7, 11) is 0. The molecule has 6 rings (SSSR count). The van der Waals surface area contributed by atoms with E-state index >= 15 is 0 Å². The number of carbonyl (C=O) groups is 1. The second-order valence-electron chi connectivity index (χ2n) is 9.36. The maximum Gasteiger partial charge on any atom is 0.228 e. The minimum atomic E-state index is 0.130. The molecule has 1 amide bonds. The third-order valence-electron chi connectivity index (χ3n) is 7.23. The molecule has 168 valence electrons. The molecule has 2 aliphatic rings. The van der Waals surface area contributed by atoms with Crippen molar-refractivity contribution in [3.63, 3.8) is 0 Å². The second kappa shape index (κ2) is 8.08. The van der Waals surface area contributed by atoms with Crippen LogP contribution in [-0.4, -0.2) is 38.4 Å². The Bertz CT molecular complexity index is 1300. The average molecular weight is 458 g/mol. The van der Waals surface area contributed by atoms with Gasteiger partial charge in [0, 0.05) is 36.2 Å². The molecule has 1 N–H and O–H groups in total. The van der Waals surface area contributed by atoms with Crippen molar-refractivity contribution in [3.05, 3.63) is 71.6 Å². The van der Waals surface area contributed by atoms with Crippen molar-refractivity contribution in [2.24, 2.45) is 11.3 Å². The zero-order valence-corrected chi connectivity index (χ0v) is 19.5. The number of nitrogens with one attached hydrogen (secondary N) is 1. The van der Waals surface area contributed by atoms with E-state index in [0.29, 0.717) is 0 Å². The molecule has 4 heterocycles. The highest BCUT2D eigenvalue weighted by atomic mass is 32.1. The Hall–Kier alpha value is -3.03. The van der Waals surface area contributed by atoms with Gasteiger partial charge >= 0.3 is 0 Å². The molecule has 2 fully saturated rings. The maximum absolute atomic E-state index is 13.0. The molecular formula is C26H27N5OS. The number of rotatable bonds is 5. The van der Waals surface area contributed by atoms with Gasteiger partial charge in [-0.15, -0.1) is 11.3 Å². The van der Waals surface area contributed by atoms with Crippen molar-refractivity contribution in [1.82, 2.24) is 19.4 Å². The van der Waals surface area contributed by atoms with Gasteiger partial charge in [-0.3, -0.25) is 9.69 Å². The number of carbonyl (C=O) groups excluding carboxylic acids is 1. The predicted molar refractivity (Wildman–Crippen MR) is 132 cm³/mol. The number of fused-ring (bicyclic) bond motifs is 1. The van der Waals surface area contributed by atoms with Crippen LogP contribution in [-0.2, 0) is 11.3 Å². The number of thiazole rings is 1. The molecule has 7 heteroatoms. The molecule has 33 heavy (non-hydrogen) atoms. The van der Waals surface area contributed by atoms with Crippen LogP contribution >= 0.6 is 11.3 Å². The van der Waals surface area contributed by atoms with E-state index in [-0.39, 0.29) is 17.2 Å². The fourth-order valence-electron chi connectivity index (χ4n) is 5.27. The normalized spacial score (nSPS) is 19.7. The monoisotopic (exact) mass is 457 g/mol. The molecule has 0 bridgehead atoms. The van der Waals surface area contributed by atoms with E-state index in [2.05, 4.69) is 49.1 Å². The second-order valence-corrected chi connectivity index (χ2v) is 10.6. The van der Waals surface area contributed by atoms with Gasteiger partial charge in [0.2, 0.25) is 5.91 Å². The summed E-state index contributed by atoms with van der Waals surface area (Å²) < 4.78 is 3.33. The first-order valence-electron chi connectivity index (χ1n) is 11.6. The molecule has 4 aromatic rings. The molecule has 1 aromatic carbocycles. The van der Waals surface area contributed by atoms with Crippen LogP contribution in [0.4, 0.5) is 5.69 Å². The molecular weight excluding hydrogens is 430 g/mol. The average Bonchev–Trinajstić information content (AvgIpc) is 3.13. The maximum atomic E-state index is 13.0. The summed E-state index contributed by atoms with van der Waals surface area (Å²) >= 11 is 1.68. The third-order valence-corrected chi connectivity index (χ3v) is 8.19. The van der Waals surface area contributed by atoms with Crippen LogP contribution in [0.25, 0.3) is 16.0 Å². The number of pyridine rings is 1. The lowest BCUT2D eigenvalue weighted by molar-refractivity contribution is -0.118. The number of benzene rings is 1. The number of nitrogens with zero attached hydrogens (tertiary/aromatic N) is 4. The van der Waals surface area contributed by atoms with Crippen molar-refractivity contribution >= 4 is 33.1 Å². The highest BCUT2D eigenvalue weighted by Gasteiger charge is 2.58. The smallest absolute Gasteiger partial charge is 0.228 e. The number of hydrogen-bond donors (Lipinski definition) is 1. The molecule has 0 radical (unpaired) electrons. The lowest BCUT2D eigenvalue weighted by Crippen LogP contribution is -2.36. The SMILES string of the molecule is Cc1nc2cc(NC(=O)C3CC34CCN(Cc3cccn3-c3ccccn3)CC4)ccc2s1. The minimum absolute atomic E-state index is 0.130. The Balaban J connectivity index is 1.06. The summed E-state index contributed by atoms with van der Waals surface area (Å²) in [5.41, 5.74) is 3.25. The summed E-state index contributed by atoms with van der Waals surface area (Å²) in [6.45, 7) is 4.98. The molecule has 6 nitrogen and oxygen atoms in total. The van der Waals surface area contributed by atoms with Gasteiger partial charge in [-0.25, -0.2) is 9.97 Å². The van der Waals surface area contributed by atoms with E-state index in [9.17, 15) is 4.79 Å². The summed E-state index contributed by atoms with van der Waals surface area (Å²) in [5, 5.41) is 4.20. The van der Waals surface area contributed by atoms with E-state index in [1.807, 2.05) is 43.5 Å². The summed E-state index contributed by atoms with van der Waals surface area (Å²) in [6, 6.07) is 16.3. The van der Waals surface area contributed by atoms with E-state index in [4.69, 9.17) is 0 Å². The predicted octanol–water partition coefficient (Wildman–Crippen LogP) is 5.03. The van der Waals surface area contributed by atoms with Crippen molar-refractivity contribution in [3.8, 4) is 5.82 Å². The highest BCUT2D eigenvalue weighted by molar-refractivity contribution is 7.18. The minimum Gasteiger partial charge on any atom is -0.326 e. The molecule has 3 aromatic heterocycles. The number of hydrogen-bond acceptors (Lipinski definition) is 5. The first-order chi connectivity index (χ1) is 16.1. The fraction of sp³-hybridized carbons (Fsp3) is 0.346. The van der Waals surface area contributed by atoms with E-state index in [0.717, 1.165) is 65.6 Å². The van der Waals surface area contributed by atoms with Gasteiger partial charge in [0.15, 0.2) is 0 Å². The van der Waals surface area contributed by atoms with Crippen LogP contribution in [0.15, 0.2) is 60.9 Å². The van der Waals surface area contributed by atoms with E-state index in [1.165, 1.54) is 5.69 Å². The first kappa shape index (κ1) is 20.6. The molecule has 1 unspecified atom stereocenters. The Morgan fingerprint density at radius 1 is 1.18 bits per heavy atom. The van der Waals surface area contributed by atoms with Crippen LogP contribution in [0.5, 0.6) is 0 Å². The number of aryl methyl sites for hydroxylation is 1. The number of amides is 1. The van der Waals surface area contributed by atoms with Crippen LogP contribution in [0.1, 0.15) is 30.0 Å². The number of anilines is 1. The van der Waals surface area contributed by atoms with Gasteiger partial charge in [0.05, 0.1) is 15.2 Å². The van der Waals surface area contributed by atoms with Crippen LogP contribution < -0.4 is 5.32 Å². The standard InChI is InChI=1S/C26H27N5OS/c1-18-28-22-15-19(7-8-23(22)33-18)29-25(32)21-16-26(21)9-13-30(14-10-26)17-20-5-4-12-31(20)24-6-2-3-11-27-24/h2-8,11-12,15,21H,9-10,13-14,16-17H2,1H3,(H,29,32). The van der Waals surface area contributed by atoms with Gasteiger partial charge in [-0.2, -0.15) is 0 Å². The van der Waals surface area contributed by atoms with Crippen LogP contribution in [0.2, 0.25) is 0 Å². The number of likely N-dealkylation sites (tertiary alicyclic amines) is 1.